The second-order valence-corrected chi connectivity index (χ2v) is 6.52. The molecular weight excluding hydrogens is 334 g/mol. The van der Waals surface area contributed by atoms with E-state index in [9.17, 15) is 5.11 Å². The summed E-state index contributed by atoms with van der Waals surface area (Å²) in [5, 5.41) is 22.3. The molecule has 0 saturated heterocycles. The van der Waals surface area contributed by atoms with E-state index in [1.54, 1.807) is 0 Å². The van der Waals surface area contributed by atoms with Crippen LogP contribution in [0.4, 0.5) is 0 Å². The van der Waals surface area contributed by atoms with Gasteiger partial charge >= 0.3 is 0 Å². The fourth-order valence-electron chi connectivity index (χ4n) is 2.07. The van der Waals surface area contributed by atoms with E-state index < -0.39 is 6.10 Å². The number of aliphatic hydroxyl groups excluding tert-OH is 2. The Morgan fingerprint density at radius 1 is 1.33 bits per heavy atom. The molecule has 5 heteroatoms. The van der Waals surface area contributed by atoms with Crippen molar-refractivity contribution in [3.05, 3.63) is 28.2 Å². The Balaban J connectivity index is 2.38. The van der Waals surface area contributed by atoms with Gasteiger partial charge in [-0.2, -0.15) is 0 Å². The SMILES string of the molecule is Cc1ccc(OCC(O)CNC(CCO)C(C)C)c(Br)c1. The molecule has 0 fully saturated rings. The molecule has 2 atom stereocenters. The molecule has 120 valence electrons. The lowest BCUT2D eigenvalue weighted by Gasteiger charge is -2.23. The summed E-state index contributed by atoms with van der Waals surface area (Å²) in [7, 11) is 0. The molecule has 1 rings (SSSR count). The van der Waals surface area contributed by atoms with Crippen LogP contribution in [-0.4, -0.2) is 42.1 Å². The molecule has 0 saturated carbocycles. The third-order valence-electron chi connectivity index (χ3n) is 3.38. The van der Waals surface area contributed by atoms with Crippen LogP contribution in [0, 0.1) is 12.8 Å². The second-order valence-electron chi connectivity index (χ2n) is 5.67. The van der Waals surface area contributed by atoms with Crippen LogP contribution in [0.3, 0.4) is 0 Å². The van der Waals surface area contributed by atoms with E-state index in [0.29, 0.717) is 18.9 Å². The molecule has 1 aromatic carbocycles. The molecule has 0 bridgehead atoms. The number of ether oxygens (including phenoxy) is 1. The average molecular weight is 360 g/mol. The smallest absolute Gasteiger partial charge is 0.133 e. The second kappa shape index (κ2) is 9.41. The lowest BCUT2D eigenvalue weighted by molar-refractivity contribution is 0.0991. The van der Waals surface area contributed by atoms with Gasteiger partial charge in [-0.05, 0) is 52.9 Å². The van der Waals surface area contributed by atoms with E-state index in [-0.39, 0.29) is 19.3 Å². The Kier molecular flexibility index (Phi) is 8.26. The first-order valence-corrected chi connectivity index (χ1v) is 8.14. The molecule has 0 radical (unpaired) electrons. The minimum Gasteiger partial charge on any atom is -0.490 e. The molecule has 3 N–H and O–H groups in total. The maximum absolute atomic E-state index is 9.99. The van der Waals surface area contributed by atoms with E-state index in [0.717, 1.165) is 15.8 Å². The molecule has 0 amide bonds. The first kappa shape index (κ1) is 18.4. The van der Waals surface area contributed by atoms with Crippen molar-refractivity contribution in [3.8, 4) is 5.75 Å². The number of rotatable bonds is 9. The van der Waals surface area contributed by atoms with E-state index in [1.165, 1.54) is 0 Å². The highest BCUT2D eigenvalue weighted by atomic mass is 79.9. The van der Waals surface area contributed by atoms with Crippen molar-refractivity contribution in [2.24, 2.45) is 5.92 Å². The quantitative estimate of drug-likeness (QED) is 0.633. The first-order chi connectivity index (χ1) is 9.93. The lowest BCUT2D eigenvalue weighted by atomic mass is 10.0. The fourth-order valence-corrected chi connectivity index (χ4v) is 2.67. The summed E-state index contributed by atoms with van der Waals surface area (Å²) in [6.07, 6.45) is 0.104. The van der Waals surface area contributed by atoms with Gasteiger partial charge in [0.1, 0.15) is 18.5 Å². The molecule has 21 heavy (non-hydrogen) atoms. The van der Waals surface area contributed by atoms with E-state index in [1.807, 2.05) is 25.1 Å². The predicted octanol–water partition coefficient (Wildman–Crippen LogP) is 2.49. The zero-order valence-electron chi connectivity index (χ0n) is 13.0. The van der Waals surface area contributed by atoms with Gasteiger partial charge in [-0.1, -0.05) is 19.9 Å². The highest BCUT2D eigenvalue weighted by Crippen LogP contribution is 2.25. The van der Waals surface area contributed by atoms with Crippen molar-refractivity contribution in [1.29, 1.82) is 0 Å². The Bertz CT molecular complexity index is 426. The number of halogens is 1. The summed E-state index contributed by atoms with van der Waals surface area (Å²) in [6.45, 7) is 7.05. The number of hydrogen-bond donors (Lipinski definition) is 3. The van der Waals surface area contributed by atoms with E-state index in [2.05, 4.69) is 35.1 Å². The van der Waals surface area contributed by atoms with Gasteiger partial charge in [0.2, 0.25) is 0 Å². The minimum absolute atomic E-state index is 0.152. The van der Waals surface area contributed by atoms with Crippen molar-refractivity contribution >= 4 is 15.9 Å². The van der Waals surface area contributed by atoms with Gasteiger partial charge in [-0.3, -0.25) is 0 Å². The van der Waals surface area contributed by atoms with Crippen LogP contribution in [0.15, 0.2) is 22.7 Å². The van der Waals surface area contributed by atoms with Crippen molar-refractivity contribution in [2.45, 2.75) is 39.3 Å². The monoisotopic (exact) mass is 359 g/mol. The van der Waals surface area contributed by atoms with Gasteiger partial charge in [0.15, 0.2) is 0 Å². The Hall–Kier alpha value is -0.620. The van der Waals surface area contributed by atoms with Crippen LogP contribution < -0.4 is 10.1 Å². The largest absolute Gasteiger partial charge is 0.490 e. The molecule has 2 unspecified atom stereocenters. The van der Waals surface area contributed by atoms with Crippen molar-refractivity contribution in [2.75, 3.05) is 19.8 Å². The summed E-state index contributed by atoms with van der Waals surface area (Å²) < 4.78 is 6.51. The maximum atomic E-state index is 9.99. The summed E-state index contributed by atoms with van der Waals surface area (Å²) in [5.74, 6) is 1.15. The molecule has 0 spiro atoms. The minimum atomic E-state index is -0.585. The predicted molar refractivity (Wildman–Crippen MR) is 88.7 cm³/mol. The van der Waals surface area contributed by atoms with Crippen LogP contribution in [0.25, 0.3) is 0 Å². The Morgan fingerprint density at radius 3 is 2.62 bits per heavy atom. The van der Waals surface area contributed by atoms with E-state index >= 15 is 0 Å². The summed E-state index contributed by atoms with van der Waals surface area (Å²) in [5.41, 5.74) is 1.15. The van der Waals surface area contributed by atoms with Gasteiger partial charge in [0, 0.05) is 19.2 Å². The van der Waals surface area contributed by atoms with Gasteiger partial charge in [0.25, 0.3) is 0 Å². The van der Waals surface area contributed by atoms with Crippen LogP contribution in [0.1, 0.15) is 25.8 Å². The molecule has 0 aromatic heterocycles. The van der Waals surface area contributed by atoms with Crippen molar-refractivity contribution < 1.29 is 14.9 Å². The van der Waals surface area contributed by atoms with Gasteiger partial charge in [0.05, 0.1) is 4.47 Å². The standard InChI is InChI=1S/C16H26BrNO3/c1-11(2)15(6-7-19)18-9-13(20)10-21-16-5-4-12(3)8-14(16)17/h4-5,8,11,13,15,18-20H,6-7,9-10H2,1-3H3. The summed E-state index contributed by atoms with van der Waals surface area (Å²) in [6, 6.07) is 6.05. The average Bonchev–Trinajstić information content (AvgIpc) is 2.42. The highest BCUT2D eigenvalue weighted by molar-refractivity contribution is 9.10. The number of benzene rings is 1. The molecule has 0 aliphatic rings. The van der Waals surface area contributed by atoms with E-state index in [4.69, 9.17) is 9.84 Å². The molecule has 0 aliphatic carbocycles. The number of aryl methyl sites for hydroxylation is 1. The van der Waals surface area contributed by atoms with Crippen LogP contribution >= 0.6 is 15.9 Å². The lowest BCUT2D eigenvalue weighted by Crippen LogP contribution is -2.41. The maximum Gasteiger partial charge on any atom is 0.133 e. The third kappa shape index (κ3) is 6.78. The van der Waals surface area contributed by atoms with Gasteiger partial charge < -0.3 is 20.3 Å². The Morgan fingerprint density at radius 2 is 2.05 bits per heavy atom. The first-order valence-electron chi connectivity index (χ1n) is 7.35. The summed E-state index contributed by atoms with van der Waals surface area (Å²) in [4.78, 5) is 0. The fraction of sp³-hybridized carbons (Fsp3) is 0.625. The molecule has 0 heterocycles. The van der Waals surface area contributed by atoms with Gasteiger partial charge in [-0.15, -0.1) is 0 Å². The number of aliphatic hydroxyl groups is 2. The normalized spacial score (nSPS) is 14.2. The van der Waals surface area contributed by atoms with Crippen molar-refractivity contribution in [3.63, 3.8) is 0 Å². The molecular formula is C16H26BrNO3. The topological polar surface area (TPSA) is 61.7 Å². The zero-order valence-corrected chi connectivity index (χ0v) is 14.6. The summed E-state index contributed by atoms with van der Waals surface area (Å²) >= 11 is 3.45. The highest BCUT2D eigenvalue weighted by Gasteiger charge is 2.14. The van der Waals surface area contributed by atoms with Crippen LogP contribution in [-0.2, 0) is 0 Å². The Labute approximate surface area is 135 Å². The van der Waals surface area contributed by atoms with Crippen LogP contribution in [0.2, 0.25) is 0 Å². The van der Waals surface area contributed by atoms with Crippen LogP contribution in [0.5, 0.6) is 5.75 Å². The van der Waals surface area contributed by atoms with Crippen molar-refractivity contribution in [1.82, 2.24) is 5.32 Å². The van der Waals surface area contributed by atoms with Gasteiger partial charge in [-0.25, -0.2) is 0 Å². The molecule has 0 aliphatic heterocycles. The number of nitrogens with one attached hydrogen (secondary N) is 1. The molecule has 4 nitrogen and oxygen atoms in total. The molecule has 1 aromatic rings. The zero-order chi connectivity index (χ0) is 15.8. The number of hydrogen-bond acceptors (Lipinski definition) is 4. The third-order valence-corrected chi connectivity index (χ3v) is 4.00.